The normalized spacial score (nSPS) is 15.2. The van der Waals surface area contributed by atoms with Gasteiger partial charge in [-0.2, -0.15) is 0 Å². The number of hydrogen-bond acceptors (Lipinski definition) is 6. The van der Waals surface area contributed by atoms with Gasteiger partial charge in [-0.15, -0.1) is 0 Å². The molecule has 0 aliphatic carbocycles. The van der Waals surface area contributed by atoms with E-state index in [9.17, 15) is 4.79 Å². The number of ether oxygens (including phenoxy) is 1. The molecule has 7 nitrogen and oxygen atoms in total. The molecule has 1 fully saturated rings. The van der Waals surface area contributed by atoms with E-state index in [-0.39, 0.29) is 12.1 Å². The minimum absolute atomic E-state index is 0.0590. The van der Waals surface area contributed by atoms with Crippen LogP contribution < -0.4 is 4.90 Å². The average Bonchev–Trinajstić information content (AvgIpc) is 2.90. The van der Waals surface area contributed by atoms with Gasteiger partial charge in [0.25, 0.3) is 0 Å². The minimum Gasteiger partial charge on any atom is -0.450 e. The van der Waals surface area contributed by atoms with E-state index in [1.807, 2.05) is 32.9 Å². The summed E-state index contributed by atoms with van der Waals surface area (Å²) in [4.78, 5) is 24.7. The van der Waals surface area contributed by atoms with Crippen LogP contribution in [0.1, 0.15) is 20.8 Å². The van der Waals surface area contributed by atoms with Gasteiger partial charge in [-0.25, -0.2) is 14.8 Å². The molecule has 0 atom stereocenters. The fourth-order valence-corrected chi connectivity index (χ4v) is 3.29. The van der Waals surface area contributed by atoms with Crippen LogP contribution in [0.15, 0.2) is 28.9 Å². The molecule has 3 aromatic rings. The van der Waals surface area contributed by atoms with Gasteiger partial charge in [0.15, 0.2) is 11.4 Å². The molecule has 4 rings (SSSR count). The van der Waals surface area contributed by atoms with Gasteiger partial charge in [0.2, 0.25) is 0 Å². The Bertz CT molecular complexity index is 1020. The van der Waals surface area contributed by atoms with Gasteiger partial charge in [-0.3, -0.25) is 0 Å². The molecule has 0 spiro atoms. The molecule has 142 valence electrons. The molecule has 1 aromatic carbocycles. The molecule has 8 heteroatoms. The molecule has 1 aliphatic heterocycles. The Kier molecular flexibility index (Phi) is 4.14. The van der Waals surface area contributed by atoms with Crippen molar-refractivity contribution in [3.05, 3.63) is 29.5 Å². The summed E-state index contributed by atoms with van der Waals surface area (Å²) in [6.07, 6.45) is 1.21. The molecule has 0 bridgehead atoms. The Hall–Kier alpha value is -2.54. The number of halogens is 1. The van der Waals surface area contributed by atoms with Gasteiger partial charge < -0.3 is 19.0 Å². The maximum Gasteiger partial charge on any atom is 0.410 e. The summed E-state index contributed by atoms with van der Waals surface area (Å²) in [5.74, 6) is 0.723. The number of benzene rings is 1. The first-order valence-electron chi connectivity index (χ1n) is 8.76. The van der Waals surface area contributed by atoms with Crippen molar-refractivity contribution in [2.75, 3.05) is 25.0 Å². The van der Waals surface area contributed by atoms with Gasteiger partial charge in [0.1, 0.15) is 23.0 Å². The van der Waals surface area contributed by atoms with E-state index in [0.717, 1.165) is 22.3 Å². The van der Waals surface area contributed by atoms with Crippen LogP contribution in [-0.2, 0) is 4.74 Å². The highest BCUT2D eigenvalue weighted by molar-refractivity contribution is 6.31. The number of rotatable bonds is 2. The summed E-state index contributed by atoms with van der Waals surface area (Å²) < 4.78 is 11.4. The van der Waals surface area contributed by atoms with E-state index in [2.05, 4.69) is 14.9 Å². The highest BCUT2D eigenvalue weighted by Gasteiger charge is 2.36. The predicted octanol–water partition coefficient (Wildman–Crippen LogP) is 4.08. The standard InChI is InChI=1S/C19H21ClN4O3/c1-19(2,3)27-18(25)23(4)12-8-24(9-12)17-16-15(21-10-22-17)13-7-11(20)5-6-14(13)26-16/h5-7,10,12H,8-9H2,1-4H3. The molecule has 3 heterocycles. The lowest BCUT2D eigenvalue weighted by Gasteiger charge is -2.44. The zero-order valence-corrected chi connectivity index (χ0v) is 16.4. The summed E-state index contributed by atoms with van der Waals surface area (Å²) in [5.41, 5.74) is 1.58. The van der Waals surface area contributed by atoms with Gasteiger partial charge in [0.05, 0.1) is 6.04 Å². The van der Waals surface area contributed by atoms with Crippen molar-refractivity contribution in [1.82, 2.24) is 14.9 Å². The summed E-state index contributed by atoms with van der Waals surface area (Å²) in [6, 6.07) is 5.52. The molecule has 27 heavy (non-hydrogen) atoms. The third-order valence-corrected chi connectivity index (χ3v) is 4.82. The highest BCUT2D eigenvalue weighted by atomic mass is 35.5. The SMILES string of the molecule is CN(C(=O)OC(C)(C)C)C1CN(c2ncnc3c2oc2ccc(Cl)cc23)C1. The summed E-state index contributed by atoms with van der Waals surface area (Å²) in [7, 11) is 1.76. The number of carbonyl (C=O) groups is 1. The molecule has 1 amide bonds. The lowest BCUT2D eigenvalue weighted by atomic mass is 10.1. The number of anilines is 1. The molecule has 0 saturated carbocycles. The molecular formula is C19H21ClN4O3. The number of furan rings is 1. The smallest absolute Gasteiger partial charge is 0.410 e. The first kappa shape index (κ1) is 17.9. The maximum absolute atomic E-state index is 12.2. The third kappa shape index (κ3) is 3.27. The number of carbonyl (C=O) groups excluding carboxylic acids is 1. The maximum atomic E-state index is 12.2. The van der Waals surface area contributed by atoms with E-state index in [1.165, 1.54) is 6.33 Å². The van der Waals surface area contributed by atoms with Crippen LogP contribution in [0.3, 0.4) is 0 Å². The fraction of sp³-hybridized carbons (Fsp3) is 0.421. The van der Waals surface area contributed by atoms with E-state index < -0.39 is 5.60 Å². The average molecular weight is 389 g/mol. The zero-order valence-electron chi connectivity index (χ0n) is 15.7. The number of aromatic nitrogens is 2. The van der Waals surface area contributed by atoms with Crippen LogP contribution >= 0.6 is 11.6 Å². The number of hydrogen-bond donors (Lipinski definition) is 0. The highest BCUT2D eigenvalue weighted by Crippen LogP contribution is 2.35. The predicted molar refractivity (Wildman–Crippen MR) is 104 cm³/mol. The van der Waals surface area contributed by atoms with Crippen molar-refractivity contribution in [2.24, 2.45) is 0 Å². The Morgan fingerprint density at radius 2 is 2.07 bits per heavy atom. The van der Waals surface area contributed by atoms with Gasteiger partial charge in [0, 0.05) is 30.5 Å². The second kappa shape index (κ2) is 6.27. The van der Waals surface area contributed by atoms with Crippen molar-refractivity contribution in [3.63, 3.8) is 0 Å². The molecule has 2 aromatic heterocycles. The molecule has 0 unspecified atom stereocenters. The van der Waals surface area contributed by atoms with Crippen LogP contribution in [0, 0.1) is 0 Å². The van der Waals surface area contributed by atoms with Crippen LogP contribution in [0.2, 0.25) is 5.02 Å². The van der Waals surface area contributed by atoms with Crippen LogP contribution in [0.4, 0.5) is 10.6 Å². The number of fused-ring (bicyclic) bond motifs is 3. The Morgan fingerprint density at radius 3 is 2.78 bits per heavy atom. The molecular weight excluding hydrogens is 368 g/mol. The molecule has 0 radical (unpaired) electrons. The lowest BCUT2D eigenvalue weighted by molar-refractivity contribution is 0.0196. The van der Waals surface area contributed by atoms with Crippen molar-refractivity contribution < 1.29 is 13.9 Å². The summed E-state index contributed by atoms with van der Waals surface area (Å²) >= 11 is 6.10. The lowest BCUT2D eigenvalue weighted by Crippen LogP contribution is -2.60. The van der Waals surface area contributed by atoms with Crippen LogP contribution in [0.5, 0.6) is 0 Å². The third-order valence-electron chi connectivity index (χ3n) is 4.58. The first-order valence-corrected chi connectivity index (χ1v) is 9.14. The fourth-order valence-electron chi connectivity index (χ4n) is 3.12. The number of likely N-dealkylation sites (N-methyl/N-ethyl adjacent to an activating group) is 1. The quantitative estimate of drug-likeness (QED) is 0.658. The first-order chi connectivity index (χ1) is 12.7. The Morgan fingerprint density at radius 1 is 1.33 bits per heavy atom. The van der Waals surface area contributed by atoms with E-state index in [4.69, 9.17) is 20.8 Å². The van der Waals surface area contributed by atoms with Crippen molar-refractivity contribution >= 4 is 45.6 Å². The van der Waals surface area contributed by atoms with Crippen molar-refractivity contribution in [1.29, 1.82) is 0 Å². The molecule has 1 saturated heterocycles. The Labute approximate surface area is 161 Å². The van der Waals surface area contributed by atoms with Crippen molar-refractivity contribution in [3.8, 4) is 0 Å². The monoisotopic (exact) mass is 388 g/mol. The summed E-state index contributed by atoms with van der Waals surface area (Å²) in [6.45, 7) is 6.88. The molecule has 1 aliphatic rings. The van der Waals surface area contributed by atoms with Gasteiger partial charge in [-0.05, 0) is 39.0 Å². The second-order valence-corrected chi connectivity index (χ2v) is 8.20. The van der Waals surface area contributed by atoms with Crippen molar-refractivity contribution in [2.45, 2.75) is 32.4 Å². The summed E-state index contributed by atoms with van der Waals surface area (Å²) in [5, 5.41) is 1.50. The number of amides is 1. The van der Waals surface area contributed by atoms with Crippen LogP contribution in [-0.4, -0.2) is 52.7 Å². The minimum atomic E-state index is -0.511. The second-order valence-electron chi connectivity index (χ2n) is 7.77. The van der Waals surface area contributed by atoms with E-state index >= 15 is 0 Å². The topological polar surface area (TPSA) is 71.7 Å². The largest absolute Gasteiger partial charge is 0.450 e. The van der Waals surface area contributed by atoms with Gasteiger partial charge >= 0.3 is 6.09 Å². The number of nitrogens with zero attached hydrogens (tertiary/aromatic N) is 4. The van der Waals surface area contributed by atoms with E-state index in [0.29, 0.717) is 23.7 Å². The molecule has 0 N–H and O–H groups in total. The van der Waals surface area contributed by atoms with Gasteiger partial charge in [-0.1, -0.05) is 11.6 Å². The Balaban J connectivity index is 1.55. The zero-order chi connectivity index (χ0) is 19.3. The van der Waals surface area contributed by atoms with E-state index in [1.54, 1.807) is 18.0 Å². The van der Waals surface area contributed by atoms with Crippen LogP contribution in [0.25, 0.3) is 22.1 Å².